The lowest BCUT2D eigenvalue weighted by molar-refractivity contribution is 0.564. The van der Waals surface area contributed by atoms with Gasteiger partial charge in [-0.15, -0.1) is 0 Å². The molecule has 4 heteroatoms. The highest BCUT2D eigenvalue weighted by Crippen LogP contribution is 2.35. The van der Waals surface area contributed by atoms with Gasteiger partial charge in [-0.1, -0.05) is 20.8 Å². The van der Waals surface area contributed by atoms with E-state index < -0.39 is 0 Å². The van der Waals surface area contributed by atoms with Crippen LogP contribution in [0.5, 0.6) is 0 Å². The van der Waals surface area contributed by atoms with E-state index in [1.54, 1.807) is 6.07 Å². The van der Waals surface area contributed by atoms with Gasteiger partial charge < -0.3 is 10.3 Å². The number of H-pyrrole nitrogens is 1. The van der Waals surface area contributed by atoms with Gasteiger partial charge in [-0.2, -0.15) is 0 Å². The van der Waals surface area contributed by atoms with Crippen molar-refractivity contribution in [1.82, 2.24) is 15.3 Å². The van der Waals surface area contributed by atoms with Gasteiger partial charge in [-0.3, -0.25) is 4.79 Å². The molecular formula is C14H23N3O. The Morgan fingerprint density at radius 1 is 1.50 bits per heavy atom. The van der Waals surface area contributed by atoms with E-state index in [-0.39, 0.29) is 5.56 Å². The maximum atomic E-state index is 11.7. The number of rotatable bonds is 4. The predicted octanol–water partition coefficient (Wildman–Crippen LogP) is 2.17. The largest absolute Gasteiger partial charge is 0.310 e. The molecule has 2 unspecified atom stereocenters. The normalized spacial score (nSPS) is 23.8. The van der Waals surface area contributed by atoms with E-state index >= 15 is 0 Å². The molecule has 1 aliphatic rings. The SMILES string of the molecule is CC1CCC(c2nc(CNC(C)C)cc(=O)[nH]2)C1. The monoisotopic (exact) mass is 249 g/mol. The van der Waals surface area contributed by atoms with Crippen molar-refractivity contribution in [2.75, 3.05) is 0 Å². The molecule has 1 aromatic rings. The van der Waals surface area contributed by atoms with E-state index in [4.69, 9.17) is 0 Å². The molecule has 2 rings (SSSR count). The maximum Gasteiger partial charge on any atom is 0.251 e. The van der Waals surface area contributed by atoms with Crippen molar-refractivity contribution in [2.45, 2.75) is 58.5 Å². The van der Waals surface area contributed by atoms with E-state index in [0.717, 1.165) is 30.3 Å². The van der Waals surface area contributed by atoms with Gasteiger partial charge >= 0.3 is 0 Å². The highest BCUT2D eigenvalue weighted by atomic mass is 16.1. The average molecular weight is 249 g/mol. The summed E-state index contributed by atoms with van der Waals surface area (Å²) in [6.45, 7) is 7.11. The van der Waals surface area contributed by atoms with Crippen molar-refractivity contribution < 1.29 is 0 Å². The third kappa shape index (κ3) is 3.42. The Kier molecular flexibility index (Phi) is 4.17. The summed E-state index contributed by atoms with van der Waals surface area (Å²) in [5.74, 6) is 2.07. The van der Waals surface area contributed by atoms with Crippen molar-refractivity contribution in [1.29, 1.82) is 0 Å². The van der Waals surface area contributed by atoms with Crippen molar-refractivity contribution >= 4 is 0 Å². The standard InChI is InChI=1S/C14H23N3O/c1-9(2)15-8-12-7-13(18)17-14(16-12)11-5-4-10(3)6-11/h7,9-11,15H,4-6,8H2,1-3H3,(H,16,17,18). The van der Waals surface area contributed by atoms with Gasteiger partial charge in [0.1, 0.15) is 5.82 Å². The minimum atomic E-state index is -0.0277. The topological polar surface area (TPSA) is 57.8 Å². The zero-order valence-electron chi connectivity index (χ0n) is 11.5. The molecule has 0 aliphatic heterocycles. The van der Waals surface area contributed by atoms with Gasteiger partial charge in [-0.25, -0.2) is 4.98 Å². The summed E-state index contributed by atoms with van der Waals surface area (Å²) >= 11 is 0. The average Bonchev–Trinajstić information content (AvgIpc) is 2.72. The summed E-state index contributed by atoms with van der Waals surface area (Å²) in [4.78, 5) is 19.2. The first kappa shape index (κ1) is 13.3. The van der Waals surface area contributed by atoms with E-state index in [2.05, 4.69) is 36.1 Å². The minimum Gasteiger partial charge on any atom is -0.310 e. The molecule has 0 saturated heterocycles. The smallest absolute Gasteiger partial charge is 0.251 e. The number of aromatic nitrogens is 2. The van der Waals surface area contributed by atoms with E-state index in [1.165, 1.54) is 6.42 Å². The van der Waals surface area contributed by atoms with E-state index in [9.17, 15) is 4.79 Å². The molecule has 0 aromatic carbocycles. The van der Waals surface area contributed by atoms with Crippen LogP contribution in [0.15, 0.2) is 10.9 Å². The summed E-state index contributed by atoms with van der Waals surface area (Å²) in [5.41, 5.74) is 0.821. The number of nitrogens with zero attached hydrogens (tertiary/aromatic N) is 1. The van der Waals surface area contributed by atoms with Crippen LogP contribution in [0.25, 0.3) is 0 Å². The lowest BCUT2D eigenvalue weighted by atomic mass is 10.1. The Morgan fingerprint density at radius 3 is 2.89 bits per heavy atom. The fourth-order valence-corrected chi connectivity index (χ4v) is 2.58. The Bertz CT molecular complexity index is 453. The number of hydrogen-bond acceptors (Lipinski definition) is 3. The van der Waals surface area contributed by atoms with Gasteiger partial charge in [0, 0.05) is 24.6 Å². The van der Waals surface area contributed by atoms with Crippen molar-refractivity contribution in [3.63, 3.8) is 0 Å². The molecule has 0 spiro atoms. The molecule has 18 heavy (non-hydrogen) atoms. The summed E-state index contributed by atoms with van der Waals surface area (Å²) < 4.78 is 0. The maximum absolute atomic E-state index is 11.7. The molecular weight excluding hydrogens is 226 g/mol. The number of aromatic amines is 1. The zero-order valence-corrected chi connectivity index (χ0v) is 11.5. The summed E-state index contributed by atoms with van der Waals surface area (Å²) in [5, 5.41) is 3.30. The third-order valence-corrected chi connectivity index (χ3v) is 3.59. The van der Waals surface area contributed by atoms with Gasteiger partial charge in [0.25, 0.3) is 5.56 Å². The molecule has 0 radical (unpaired) electrons. The lowest BCUT2D eigenvalue weighted by Crippen LogP contribution is -2.24. The second kappa shape index (κ2) is 5.65. The fourth-order valence-electron chi connectivity index (χ4n) is 2.58. The van der Waals surface area contributed by atoms with Gasteiger partial charge in [-0.05, 0) is 25.2 Å². The first-order chi connectivity index (χ1) is 8.54. The summed E-state index contributed by atoms with van der Waals surface area (Å²) in [6, 6.07) is 2.00. The van der Waals surface area contributed by atoms with Crippen molar-refractivity contribution in [2.24, 2.45) is 5.92 Å². The van der Waals surface area contributed by atoms with E-state index in [0.29, 0.717) is 18.5 Å². The quantitative estimate of drug-likeness (QED) is 0.860. The molecule has 2 atom stereocenters. The van der Waals surface area contributed by atoms with Crippen LogP contribution in [0.1, 0.15) is 57.5 Å². The third-order valence-electron chi connectivity index (χ3n) is 3.59. The molecule has 1 fully saturated rings. The predicted molar refractivity (Wildman–Crippen MR) is 72.6 cm³/mol. The molecule has 1 aliphatic carbocycles. The first-order valence-corrected chi connectivity index (χ1v) is 6.88. The fraction of sp³-hybridized carbons (Fsp3) is 0.714. The Hall–Kier alpha value is -1.16. The Balaban J connectivity index is 2.13. The molecule has 100 valence electrons. The molecule has 1 heterocycles. The van der Waals surface area contributed by atoms with Crippen LogP contribution in [0.4, 0.5) is 0 Å². The first-order valence-electron chi connectivity index (χ1n) is 6.88. The van der Waals surface area contributed by atoms with Crippen LogP contribution in [-0.2, 0) is 6.54 Å². The molecule has 1 saturated carbocycles. The van der Waals surface area contributed by atoms with Gasteiger partial charge in [0.15, 0.2) is 0 Å². The highest BCUT2D eigenvalue weighted by Gasteiger charge is 2.24. The van der Waals surface area contributed by atoms with Crippen LogP contribution in [0.3, 0.4) is 0 Å². The van der Waals surface area contributed by atoms with Gasteiger partial charge in [0.2, 0.25) is 0 Å². The van der Waals surface area contributed by atoms with Crippen molar-refractivity contribution in [3.8, 4) is 0 Å². The van der Waals surface area contributed by atoms with Crippen LogP contribution >= 0.6 is 0 Å². The number of hydrogen-bond donors (Lipinski definition) is 2. The molecule has 0 amide bonds. The Labute approximate surface area is 108 Å². The zero-order chi connectivity index (χ0) is 13.1. The lowest BCUT2D eigenvalue weighted by Gasteiger charge is -2.12. The minimum absolute atomic E-state index is 0.0277. The molecule has 4 nitrogen and oxygen atoms in total. The van der Waals surface area contributed by atoms with Crippen LogP contribution in [0.2, 0.25) is 0 Å². The second-order valence-corrected chi connectivity index (χ2v) is 5.77. The van der Waals surface area contributed by atoms with E-state index in [1.807, 2.05) is 0 Å². The summed E-state index contributed by atoms with van der Waals surface area (Å²) in [7, 11) is 0. The number of nitrogens with one attached hydrogen (secondary N) is 2. The van der Waals surface area contributed by atoms with Crippen LogP contribution in [-0.4, -0.2) is 16.0 Å². The summed E-state index contributed by atoms with van der Waals surface area (Å²) in [6.07, 6.45) is 3.53. The van der Waals surface area contributed by atoms with Crippen molar-refractivity contribution in [3.05, 3.63) is 27.9 Å². The van der Waals surface area contributed by atoms with Crippen LogP contribution < -0.4 is 10.9 Å². The molecule has 0 bridgehead atoms. The molecule has 1 aromatic heterocycles. The highest BCUT2D eigenvalue weighted by molar-refractivity contribution is 5.07. The second-order valence-electron chi connectivity index (χ2n) is 5.77. The van der Waals surface area contributed by atoms with Gasteiger partial charge in [0.05, 0.1) is 5.69 Å². The Morgan fingerprint density at radius 2 is 2.28 bits per heavy atom. The van der Waals surface area contributed by atoms with Crippen LogP contribution in [0, 0.1) is 5.92 Å². The molecule has 2 N–H and O–H groups in total.